The molecule has 0 saturated heterocycles. The summed E-state index contributed by atoms with van der Waals surface area (Å²) in [6.07, 6.45) is 3.17. The van der Waals surface area contributed by atoms with Crippen molar-refractivity contribution >= 4 is 12.2 Å². The fraction of sp³-hybridized carbons (Fsp3) is 0.167. The van der Waals surface area contributed by atoms with E-state index >= 15 is 0 Å². The molecule has 0 amide bonds. The minimum atomic E-state index is -0.345. The van der Waals surface area contributed by atoms with Crippen LogP contribution < -0.4 is 0 Å². The number of hydrogen-bond donors (Lipinski definition) is 0. The van der Waals surface area contributed by atoms with Gasteiger partial charge in [0.1, 0.15) is 13.2 Å². The molecule has 0 unspecified atom stereocenters. The summed E-state index contributed by atoms with van der Waals surface area (Å²) in [5.74, 6) is -0.345. The number of aliphatic imine (C=N–C) groups is 1. The van der Waals surface area contributed by atoms with Crippen LogP contribution in [-0.2, 0) is 9.53 Å². The van der Waals surface area contributed by atoms with Gasteiger partial charge in [-0.3, -0.25) is 9.79 Å². The number of carbonyl (C=O) groups excluding carboxylic acids is 1. The molecule has 0 fully saturated rings. The lowest BCUT2D eigenvalue weighted by atomic mass is 10.2. The smallest absolute Gasteiger partial charge is 0.327 e. The fourth-order valence-corrected chi connectivity index (χ4v) is 0.962. The quantitative estimate of drug-likeness (QED) is 0.416. The number of rotatable bonds is 5. The van der Waals surface area contributed by atoms with Crippen molar-refractivity contribution in [1.29, 1.82) is 0 Å². The van der Waals surface area contributed by atoms with E-state index in [9.17, 15) is 4.79 Å². The molecular weight excluding hydrogens is 190 g/mol. The summed E-state index contributed by atoms with van der Waals surface area (Å²) < 4.78 is 4.76. The van der Waals surface area contributed by atoms with Gasteiger partial charge in [-0.1, -0.05) is 43.0 Å². The second-order valence-corrected chi connectivity index (χ2v) is 2.85. The second-order valence-electron chi connectivity index (χ2n) is 2.85. The Bertz CT molecular complexity index is 344. The zero-order chi connectivity index (χ0) is 10.9. The molecule has 0 radical (unpaired) electrons. The molecule has 1 aromatic rings. The molecule has 0 N–H and O–H groups in total. The molecule has 3 heteroatoms. The van der Waals surface area contributed by atoms with Crippen molar-refractivity contribution in [3.8, 4) is 0 Å². The molecule has 78 valence electrons. The third kappa shape index (κ3) is 4.76. The number of carbonyl (C=O) groups is 1. The Balaban J connectivity index is 2.33. The highest BCUT2D eigenvalue weighted by atomic mass is 16.5. The van der Waals surface area contributed by atoms with Gasteiger partial charge in [0.05, 0.1) is 0 Å². The van der Waals surface area contributed by atoms with Crippen molar-refractivity contribution in [2.24, 2.45) is 4.99 Å². The fourth-order valence-electron chi connectivity index (χ4n) is 0.962. The summed E-state index contributed by atoms with van der Waals surface area (Å²) in [5.41, 5.74) is 0.967. The lowest BCUT2D eigenvalue weighted by Gasteiger charge is -1.97. The van der Waals surface area contributed by atoms with Gasteiger partial charge in [0.15, 0.2) is 0 Å². The predicted octanol–water partition coefficient (Wildman–Crippen LogP) is 1.83. The van der Waals surface area contributed by atoms with Gasteiger partial charge in [-0.25, -0.2) is 0 Å². The highest BCUT2D eigenvalue weighted by Gasteiger charge is 1.97. The maximum absolute atomic E-state index is 11.0. The summed E-state index contributed by atoms with van der Waals surface area (Å²) >= 11 is 0. The van der Waals surface area contributed by atoms with Gasteiger partial charge in [0, 0.05) is 6.21 Å². The average Bonchev–Trinajstić information content (AvgIpc) is 2.28. The number of ether oxygens (including phenoxy) is 1. The van der Waals surface area contributed by atoms with Gasteiger partial charge in [-0.05, 0) is 5.56 Å². The van der Waals surface area contributed by atoms with Crippen molar-refractivity contribution in [1.82, 2.24) is 0 Å². The van der Waals surface area contributed by atoms with Crippen LogP contribution in [0.5, 0.6) is 0 Å². The first-order chi connectivity index (χ1) is 7.33. The van der Waals surface area contributed by atoms with Crippen molar-refractivity contribution in [3.63, 3.8) is 0 Å². The Labute approximate surface area is 89.1 Å². The molecule has 1 rings (SSSR count). The monoisotopic (exact) mass is 203 g/mol. The van der Waals surface area contributed by atoms with Crippen molar-refractivity contribution in [3.05, 3.63) is 48.6 Å². The van der Waals surface area contributed by atoms with Crippen LogP contribution in [0, 0.1) is 0 Å². The summed E-state index contributed by atoms with van der Waals surface area (Å²) in [4.78, 5) is 15.0. The molecule has 0 heterocycles. The van der Waals surface area contributed by atoms with Crippen molar-refractivity contribution in [2.45, 2.75) is 0 Å². The molecule has 0 aliphatic rings. The number of hydrogen-bond acceptors (Lipinski definition) is 3. The van der Waals surface area contributed by atoms with E-state index in [1.165, 1.54) is 6.08 Å². The Hall–Kier alpha value is -1.90. The van der Waals surface area contributed by atoms with Gasteiger partial charge >= 0.3 is 5.97 Å². The zero-order valence-electron chi connectivity index (χ0n) is 8.43. The maximum Gasteiger partial charge on any atom is 0.327 e. The first-order valence-electron chi connectivity index (χ1n) is 4.64. The molecular formula is C12H13NO2. The standard InChI is InChI=1S/C12H13NO2/c1-2-8-15-12(14)10-13-9-11-6-4-3-5-7-11/h2-7,9H,1,8,10H2. The minimum Gasteiger partial charge on any atom is -0.460 e. The number of benzene rings is 1. The van der Waals surface area contributed by atoms with E-state index in [0.29, 0.717) is 0 Å². The first-order valence-corrected chi connectivity index (χ1v) is 4.64. The Kier molecular flexibility index (Phi) is 4.87. The molecule has 0 atom stereocenters. The van der Waals surface area contributed by atoms with Crippen molar-refractivity contribution in [2.75, 3.05) is 13.2 Å². The van der Waals surface area contributed by atoms with E-state index in [-0.39, 0.29) is 19.1 Å². The number of nitrogens with zero attached hydrogens (tertiary/aromatic N) is 1. The minimum absolute atomic E-state index is 0.0444. The maximum atomic E-state index is 11.0. The predicted molar refractivity (Wildman–Crippen MR) is 60.1 cm³/mol. The van der Waals surface area contributed by atoms with Crippen LogP contribution in [0.4, 0.5) is 0 Å². The van der Waals surface area contributed by atoms with Crippen LogP contribution in [0.3, 0.4) is 0 Å². The highest BCUT2D eigenvalue weighted by Crippen LogP contribution is 1.93. The summed E-state index contributed by atoms with van der Waals surface area (Å²) in [7, 11) is 0. The zero-order valence-corrected chi connectivity index (χ0v) is 8.43. The van der Waals surface area contributed by atoms with E-state index < -0.39 is 0 Å². The normalized spacial score (nSPS) is 10.1. The van der Waals surface area contributed by atoms with E-state index in [1.807, 2.05) is 30.3 Å². The molecule has 1 aromatic carbocycles. The largest absolute Gasteiger partial charge is 0.460 e. The van der Waals surface area contributed by atoms with Crippen LogP contribution in [0.15, 0.2) is 48.0 Å². The Morgan fingerprint density at radius 1 is 1.40 bits per heavy atom. The SMILES string of the molecule is C=CCOC(=O)CN=Cc1ccccc1. The van der Waals surface area contributed by atoms with E-state index in [0.717, 1.165) is 5.56 Å². The number of esters is 1. The topological polar surface area (TPSA) is 38.7 Å². The summed E-state index contributed by atoms with van der Waals surface area (Å²) in [5, 5.41) is 0. The van der Waals surface area contributed by atoms with Gasteiger partial charge in [-0.2, -0.15) is 0 Å². The van der Waals surface area contributed by atoms with E-state index in [1.54, 1.807) is 6.21 Å². The van der Waals surface area contributed by atoms with Gasteiger partial charge in [0.25, 0.3) is 0 Å². The van der Waals surface area contributed by atoms with Crippen LogP contribution >= 0.6 is 0 Å². The lowest BCUT2D eigenvalue weighted by molar-refractivity contribution is -0.140. The lowest BCUT2D eigenvalue weighted by Crippen LogP contribution is -2.08. The molecule has 0 bridgehead atoms. The third-order valence-corrected chi connectivity index (χ3v) is 1.62. The highest BCUT2D eigenvalue weighted by molar-refractivity contribution is 5.82. The molecule has 0 aromatic heterocycles. The van der Waals surface area contributed by atoms with Crippen molar-refractivity contribution < 1.29 is 9.53 Å². The molecule has 3 nitrogen and oxygen atoms in total. The van der Waals surface area contributed by atoms with Crippen LogP contribution in [0.2, 0.25) is 0 Å². The Morgan fingerprint density at radius 2 is 2.13 bits per heavy atom. The van der Waals surface area contributed by atoms with E-state index in [2.05, 4.69) is 11.6 Å². The molecule has 0 aliphatic heterocycles. The van der Waals surface area contributed by atoms with Crippen LogP contribution in [-0.4, -0.2) is 25.3 Å². The Morgan fingerprint density at radius 3 is 2.80 bits per heavy atom. The molecule has 15 heavy (non-hydrogen) atoms. The van der Waals surface area contributed by atoms with Gasteiger partial charge in [-0.15, -0.1) is 0 Å². The molecule has 0 saturated carbocycles. The van der Waals surface area contributed by atoms with Crippen LogP contribution in [0.25, 0.3) is 0 Å². The molecule has 0 aliphatic carbocycles. The summed E-state index contributed by atoms with van der Waals surface area (Å²) in [6.45, 7) is 3.73. The van der Waals surface area contributed by atoms with Crippen LogP contribution in [0.1, 0.15) is 5.56 Å². The third-order valence-electron chi connectivity index (χ3n) is 1.62. The summed E-state index contributed by atoms with van der Waals surface area (Å²) in [6, 6.07) is 9.58. The van der Waals surface area contributed by atoms with E-state index in [4.69, 9.17) is 4.74 Å². The van der Waals surface area contributed by atoms with Gasteiger partial charge in [0.2, 0.25) is 0 Å². The first kappa shape index (κ1) is 11.2. The molecule has 0 spiro atoms. The second kappa shape index (κ2) is 6.54. The average molecular weight is 203 g/mol. The van der Waals surface area contributed by atoms with Gasteiger partial charge < -0.3 is 4.74 Å².